The van der Waals surface area contributed by atoms with Crippen molar-refractivity contribution in [1.82, 2.24) is 9.97 Å². The molecule has 0 saturated carbocycles. The molecule has 5 heteroatoms. The van der Waals surface area contributed by atoms with E-state index >= 15 is 0 Å². The van der Waals surface area contributed by atoms with Crippen LogP contribution in [0.15, 0.2) is 6.07 Å². The maximum atomic E-state index is 5.86. The van der Waals surface area contributed by atoms with E-state index in [1.54, 1.807) is 0 Å². The van der Waals surface area contributed by atoms with Gasteiger partial charge in [0.1, 0.15) is 17.5 Å². The van der Waals surface area contributed by atoms with Crippen LogP contribution >= 0.6 is 11.8 Å². The van der Waals surface area contributed by atoms with Crippen molar-refractivity contribution in [3.63, 3.8) is 0 Å². The number of nitrogens with zero attached hydrogens (tertiary/aromatic N) is 2. The Balaban J connectivity index is 2.14. The third-order valence-electron chi connectivity index (χ3n) is 2.93. The first-order valence-corrected chi connectivity index (χ1v) is 7.60. The summed E-state index contributed by atoms with van der Waals surface area (Å²) >= 11 is 2.00. The summed E-state index contributed by atoms with van der Waals surface area (Å²) in [6.45, 7) is 6.30. The minimum Gasteiger partial charge on any atom is -0.384 e. The van der Waals surface area contributed by atoms with E-state index in [0.717, 1.165) is 17.4 Å². The van der Waals surface area contributed by atoms with Gasteiger partial charge in [0.2, 0.25) is 0 Å². The van der Waals surface area contributed by atoms with Gasteiger partial charge in [0.15, 0.2) is 0 Å². The predicted molar refractivity (Wildman–Crippen MR) is 79.1 cm³/mol. The van der Waals surface area contributed by atoms with Gasteiger partial charge in [-0.25, -0.2) is 9.97 Å². The standard InChI is InChI=1S/C13H22N4S/c1-13(2,3)12-16-10(14)7-11(17-12)15-9-5-4-6-18-8-9/h7,9H,4-6,8H2,1-3H3,(H3,14,15,16,17). The first-order valence-electron chi connectivity index (χ1n) is 6.44. The minimum atomic E-state index is -0.0763. The molecule has 0 bridgehead atoms. The van der Waals surface area contributed by atoms with Crippen LogP contribution in [0.3, 0.4) is 0 Å². The van der Waals surface area contributed by atoms with Gasteiger partial charge in [-0.2, -0.15) is 11.8 Å². The summed E-state index contributed by atoms with van der Waals surface area (Å²) in [6, 6.07) is 2.33. The number of hydrogen-bond acceptors (Lipinski definition) is 5. The summed E-state index contributed by atoms with van der Waals surface area (Å²) in [7, 11) is 0. The van der Waals surface area contributed by atoms with Crippen molar-refractivity contribution in [3.05, 3.63) is 11.9 Å². The smallest absolute Gasteiger partial charge is 0.138 e. The van der Waals surface area contributed by atoms with E-state index in [4.69, 9.17) is 5.73 Å². The molecule has 18 heavy (non-hydrogen) atoms. The summed E-state index contributed by atoms with van der Waals surface area (Å²) in [6.07, 6.45) is 2.48. The highest BCUT2D eigenvalue weighted by Crippen LogP contribution is 2.24. The lowest BCUT2D eigenvalue weighted by molar-refractivity contribution is 0.546. The molecule has 1 fully saturated rings. The van der Waals surface area contributed by atoms with Crippen molar-refractivity contribution < 1.29 is 0 Å². The van der Waals surface area contributed by atoms with Crippen LogP contribution in [-0.4, -0.2) is 27.5 Å². The number of anilines is 2. The summed E-state index contributed by atoms with van der Waals surface area (Å²) in [5, 5.41) is 3.48. The number of nitrogens with one attached hydrogen (secondary N) is 1. The van der Waals surface area contributed by atoms with Crippen LogP contribution in [0.4, 0.5) is 11.6 Å². The van der Waals surface area contributed by atoms with Gasteiger partial charge in [0, 0.05) is 23.3 Å². The normalized spacial score (nSPS) is 20.7. The molecule has 4 nitrogen and oxygen atoms in total. The summed E-state index contributed by atoms with van der Waals surface area (Å²) in [5.41, 5.74) is 5.79. The van der Waals surface area contributed by atoms with Gasteiger partial charge in [-0.3, -0.25) is 0 Å². The molecule has 3 N–H and O–H groups in total. The van der Waals surface area contributed by atoms with Gasteiger partial charge in [0.05, 0.1) is 0 Å². The zero-order valence-electron chi connectivity index (χ0n) is 11.4. The molecule has 100 valence electrons. The van der Waals surface area contributed by atoms with Gasteiger partial charge in [-0.05, 0) is 18.6 Å². The van der Waals surface area contributed by atoms with Crippen LogP contribution in [0.1, 0.15) is 39.4 Å². The van der Waals surface area contributed by atoms with E-state index in [-0.39, 0.29) is 5.41 Å². The summed E-state index contributed by atoms with van der Waals surface area (Å²) in [5.74, 6) is 4.63. The molecule has 0 aliphatic carbocycles. The van der Waals surface area contributed by atoms with Gasteiger partial charge in [0.25, 0.3) is 0 Å². The number of hydrogen-bond donors (Lipinski definition) is 2. The topological polar surface area (TPSA) is 63.8 Å². The molecule has 0 spiro atoms. The molecule has 0 aromatic carbocycles. The van der Waals surface area contributed by atoms with E-state index in [9.17, 15) is 0 Å². The van der Waals surface area contributed by atoms with Crippen LogP contribution in [0.2, 0.25) is 0 Å². The summed E-state index contributed by atoms with van der Waals surface area (Å²) in [4.78, 5) is 8.91. The third kappa shape index (κ3) is 3.51. The van der Waals surface area contributed by atoms with Crippen molar-refractivity contribution in [2.75, 3.05) is 22.6 Å². The Kier molecular flexibility index (Phi) is 4.00. The Morgan fingerprint density at radius 3 is 2.78 bits per heavy atom. The lowest BCUT2D eigenvalue weighted by atomic mass is 9.96. The van der Waals surface area contributed by atoms with Crippen molar-refractivity contribution in [2.24, 2.45) is 0 Å². The second kappa shape index (κ2) is 5.34. The third-order valence-corrected chi connectivity index (χ3v) is 4.14. The molecular weight excluding hydrogens is 244 g/mol. The van der Waals surface area contributed by atoms with Crippen LogP contribution in [0.5, 0.6) is 0 Å². The maximum Gasteiger partial charge on any atom is 0.138 e. The fourth-order valence-electron chi connectivity index (χ4n) is 1.94. The van der Waals surface area contributed by atoms with Crippen LogP contribution in [-0.2, 0) is 5.41 Å². The lowest BCUT2D eigenvalue weighted by Gasteiger charge is -2.24. The quantitative estimate of drug-likeness (QED) is 0.861. The molecule has 2 rings (SSSR count). The summed E-state index contributed by atoms with van der Waals surface area (Å²) < 4.78 is 0. The number of aromatic nitrogens is 2. The number of thioether (sulfide) groups is 1. The second-order valence-corrected chi connectivity index (χ2v) is 6.96. The van der Waals surface area contributed by atoms with Crippen molar-refractivity contribution >= 4 is 23.4 Å². The average molecular weight is 266 g/mol. The predicted octanol–water partition coefficient (Wildman–Crippen LogP) is 2.66. The van der Waals surface area contributed by atoms with Gasteiger partial charge in [-0.15, -0.1) is 0 Å². The highest BCUT2D eigenvalue weighted by atomic mass is 32.2. The zero-order chi connectivity index (χ0) is 13.2. The molecule has 1 saturated heterocycles. The van der Waals surface area contributed by atoms with Crippen molar-refractivity contribution in [3.8, 4) is 0 Å². The SMILES string of the molecule is CC(C)(C)c1nc(N)cc(NC2CCCSC2)n1. The molecule has 0 radical (unpaired) electrons. The molecule has 1 aromatic rings. The number of rotatable bonds is 2. The first kappa shape index (κ1) is 13.5. The Labute approximate surface area is 113 Å². The Bertz CT molecular complexity index is 408. The molecular formula is C13H22N4S. The van der Waals surface area contributed by atoms with E-state index in [1.807, 2.05) is 17.8 Å². The van der Waals surface area contributed by atoms with Gasteiger partial charge < -0.3 is 11.1 Å². The van der Waals surface area contributed by atoms with Crippen molar-refractivity contribution in [1.29, 1.82) is 0 Å². The van der Waals surface area contributed by atoms with E-state index in [2.05, 4.69) is 36.1 Å². The molecule has 1 unspecified atom stereocenters. The second-order valence-electron chi connectivity index (χ2n) is 5.81. The molecule has 1 aromatic heterocycles. The monoisotopic (exact) mass is 266 g/mol. The van der Waals surface area contributed by atoms with Crippen molar-refractivity contribution in [2.45, 2.75) is 45.1 Å². The fourth-order valence-corrected chi connectivity index (χ4v) is 3.01. The highest BCUT2D eigenvalue weighted by Gasteiger charge is 2.20. The molecule has 1 aliphatic heterocycles. The molecule has 1 atom stereocenters. The van der Waals surface area contributed by atoms with Gasteiger partial charge in [-0.1, -0.05) is 20.8 Å². The van der Waals surface area contributed by atoms with Crippen LogP contribution in [0.25, 0.3) is 0 Å². The lowest BCUT2D eigenvalue weighted by Crippen LogP contribution is -2.27. The van der Waals surface area contributed by atoms with Crippen LogP contribution < -0.4 is 11.1 Å². The zero-order valence-corrected chi connectivity index (χ0v) is 12.2. The fraction of sp³-hybridized carbons (Fsp3) is 0.692. The Morgan fingerprint density at radius 2 is 2.17 bits per heavy atom. The first-order chi connectivity index (χ1) is 8.45. The Hall–Kier alpha value is -0.970. The average Bonchev–Trinajstić information content (AvgIpc) is 2.28. The highest BCUT2D eigenvalue weighted by molar-refractivity contribution is 7.99. The van der Waals surface area contributed by atoms with Gasteiger partial charge >= 0.3 is 0 Å². The van der Waals surface area contributed by atoms with Crippen LogP contribution in [0, 0.1) is 0 Å². The van der Waals surface area contributed by atoms with E-state index in [0.29, 0.717) is 11.9 Å². The maximum absolute atomic E-state index is 5.86. The molecule has 2 heterocycles. The Morgan fingerprint density at radius 1 is 1.39 bits per heavy atom. The largest absolute Gasteiger partial charge is 0.384 e. The molecule has 0 amide bonds. The van der Waals surface area contributed by atoms with E-state index in [1.165, 1.54) is 18.6 Å². The molecule has 1 aliphatic rings. The number of nitrogens with two attached hydrogens (primary N) is 1. The minimum absolute atomic E-state index is 0.0763. The number of nitrogen functional groups attached to an aromatic ring is 1. The van der Waals surface area contributed by atoms with E-state index < -0.39 is 0 Å².